The minimum atomic E-state index is -0.772. The van der Waals surface area contributed by atoms with Crippen LogP contribution in [0.25, 0.3) is 0 Å². The van der Waals surface area contributed by atoms with E-state index in [9.17, 15) is 14.4 Å². The first-order chi connectivity index (χ1) is 36.5. The smallest absolute Gasteiger partial charge is 0.306 e. The second-order valence-corrected chi connectivity index (χ2v) is 22.4. The highest BCUT2D eigenvalue weighted by molar-refractivity contribution is 5.71. The maximum absolute atomic E-state index is 12.9. The van der Waals surface area contributed by atoms with E-state index < -0.39 is 6.10 Å². The fraction of sp³-hybridized carbons (Fsp3) is 0.868. The number of carbonyl (C=O) groups is 3. The largest absolute Gasteiger partial charge is 0.462 e. The molecule has 0 heterocycles. The zero-order valence-electron chi connectivity index (χ0n) is 49.9. The Morgan fingerprint density at radius 1 is 0.270 bits per heavy atom. The fourth-order valence-corrected chi connectivity index (χ4v) is 9.92. The maximum atomic E-state index is 12.9. The number of rotatable bonds is 61. The van der Waals surface area contributed by atoms with E-state index in [0.717, 1.165) is 77.0 Å². The van der Waals surface area contributed by atoms with Crippen LogP contribution in [-0.4, -0.2) is 37.2 Å². The minimum absolute atomic E-state index is 0.0703. The SMILES string of the molecule is CCCCCCC/C=C\C/C=C\C/C=C\CCCCCCCCCCC(=O)OC(COC(=O)CCCCCCCCCC)COC(=O)CCCCCCCCCCCCCCCCCCCCCCCCCCC. The molecule has 6 nitrogen and oxygen atoms in total. The van der Waals surface area contributed by atoms with Crippen LogP contribution in [0.5, 0.6) is 0 Å². The molecule has 0 amide bonds. The van der Waals surface area contributed by atoms with Gasteiger partial charge in [0.1, 0.15) is 13.2 Å². The average molecular weight is 1040 g/mol. The molecule has 0 aliphatic rings. The average Bonchev–Trinajstić information content (AvgIpc) is 3.40. The van der Waals surface area contributed by atoms with Crippen molar-refractivity contribution in [3.63, 3.8) is 0 Å². The van der Waals surface area contributed by atoms with Crippen LogP contribution in [0.3, 0.4) is 0 Å². The number of hydrogen-bond donors (Lipinski definition) is 0. The predicted molar refractivity (Wildman–Crippen MR) is 321 cm³/mol. The molecule has 0 aromatic rings. The van der Waals surface area contributed by atoms with Gasteiger partial charge in [-0.15, -0.1) is 0 Å². The summed E-state index contributed by atoms with van der Waals surface area (Å²) in [5, 5.41) is 0. The van der Waals surface area contributed by atoms with Crippen LogP contribution in [0.2, 0.25) is 0 Å². The van der Waals surface area contributed by atoms with E-state index in [0.29, 0.717) is 19.3 Å². The summed E-state index contributed by atoms with van der Waals surface area (Å²) in [7, 11) is 0. The first-order valence-electron chi connectivity index (χ1n) is 33.0. The number of esters is 3. The first kappa shape index (κ1) is 71.6. The molecule has 0 radical (unpaired) electrons. The van der Waals surface area contributed by atoms with E-state index in [-0.39, 0.29) is 31.1 Å². The normalized spacial score (nSPS) is 12.2. The Labute approximate surface area is 461 Å². The Morgan fingerprint density at radius 3 is 0.757 bits per heavy atom. The summed E-state index contributed by atoms with van der Waals surface area (Å²) in [6.45, 7) is 6.65. The lowest BCUT2D eigenvalue weighted by molar-refractivity contribution is -0.167. The van der Waals surface area contributed by atoms with Gasteiger partial charge in [-0.3, -0.25) is 14.4 Å². The molecule has 0 bridgehead atoms. The molecular weight excluding hydrogens is 913 g/mol. The Kier molecular flexibility index (Phi) is 61.1. The molecule has 0 spiro atoms. The van der Waals surface area contributed by atoms with Crippen LogP contribution in [0.4, 0.5) is 0 Å². The predicted octanol–water partition coefficient (Wildman–Crippen LogP) is 22.4. The van der Waals surface area contributed by atoms with Crippen LogP contribution in [0, 0.1) is 0 Å². The Balaban J connectivity index is 4.13. The zero-order chi connectivity index (χ0) is 53.6. The van der Waals surface area contributed by atoms with E-state index in [1.807, 2.05) is 0 Å². The molecule has 0 aromatic carbocycles. The van der Waals surface area contributed by atoms with Crippen LogP contribution in [-0.2, 0) is 28.6 Å². The summed E-state index contributed by atoms with van der Waals surface area (Å²) in [5.41, 5.74) is 0. The van der Waals surface area contributed by atoms with Crippen molar-refractivity contribution in [1.82, 2.24) is 0 Å². The minimum Gasteiger partial charge on any atom is -0.462 e. The van der Waals surface area contributed by atoms with Crippen molar-refractivity contribution in [1.29, 1.82) is 0 Å². The van der Waals surface area contributed by atoms with E-state index in [4.69, 9.17) is 14.2 Å². The molecule has 0 saturated carbocycles. The monoisotopic (exact) mass is 1040 g/mol. The van der Waals surface area contributed by atoms with Gasteiger partial charge in [0.25, 0.3) is 0 Å². The van der Waals surface area contributed by atoms with Crippen LogP contribution in [0.15, 0.2) is 36.5 Å². The summed E-state index contributed by atoms with van der Waals surface area (Å²) in [6.07, 6.45) is 77.5. The van der Waals surface area contributed by atoms with E-state index in [2.05, 4.69) is 57.2 Å². The summed E-state index contributed by atoms with van der Waals surface area (Å²) in [4.78, 5) is 38.2. The van der Waals surface area contributed by atoms with Crippen LogP contribution < -0.4 is 0 Å². The molecule has 0 aliphatic carbocycles. The van der Waals surface area contributed by atoms with Crippen molar-refractivity contribution in [2.45, 2.75) is 367 Å². The van der Waals surface area contributed by atoms with Gasteiger partial charge in [0, 0.05) is 19.3 Å². The van der Waals surface area contributed by atoms with Gasteiger partial charge in [-0.25, -0.2) is 0 Å². The Hall–Kier alpha value is -2.37. The highest BCUT2D eigenvalue weighted by Crippen LogP contribution is 2.18. The van der Waals surface area contributed by atoms with Crippen LogP contribution in [0.1, 0.15) is 361 Å². The van der Waals surface area contributed by atoms with Gasteiger partial charge >= 0.3 is 17.9 Å². The van der Waals surface area contributed by atoms with Gasteiger partial charge < -0.3 is 14.2 Å². The third-order valence-corrected chi connectivity index (χ3v) is 14.9. The summed E-state index contributed by atoms with van der Waals surface area (Å²) < 4.78 is 16.9. The lowest BCUT2D eigenvalue weighted by Gasteiger charge is -2.18. The van der Waals surface area contributed by atoms with Crippen molar-refractivity contribution in [3.8, 4) is 0 Å². The third kappa shape index (κ3) is 60.5. The van der Waals surface area contributed by atoms with E-state index in [1.165, 1.54) is 244 Å². The second kappa shape index (κ2) is 63.2. The van der Waals surface area contributed by atoms with Crippen molar-refractivity contribution in [2.24, 2.45) is 0 Å². The van der Waals surface area contributed by atoms with E-state index in [1.54, 1.807) is 0 Å². The van der Waals surface area contributed by atoms with Gasteiger partial charge in [-0.2, -0.15) is 0 Å². The van der Waals surface area contributed by atoms with Gasteiger partial charge in [0.2, 0.25) is 0 Å². The number of hydrogen-bond acceptors (Lipinski definition) is 6. The topological polar surface area (TPSA) is 78.9 Å². The van der Waals surface area contributed by atoms with Crippen LogP contribution >= 0.6 is 0 Å². The van der Waals surface area contributed by atoms with Crippen molar-refractivity contribution < 1.29 is 28.6 Å². The summed E-state index contributed by atoms with van der Waals surface area (Å²) in [5.74, 6) is -0.859. The first-order valence-corrected chi connectivity index (χ1v) is 33.0. The summed E-state index contributed by atoms with van der Waals surface area (Å²) in [6, 6.07) is 0. The number of allylic oxidation sites excluding steroid dienone is 6. The molecule has 0 aliphatic heterocycles. The molecule has 0 N–H and O–H groups in total. The van der Waals surface area contributed by atoms with Crippen molar-refractivity contribution in [3.05, 3.63) is 36.5 Å². The molecule has 0 aromatic heterocycles. The maximum Gasteiger partial charge on any atom is 0.306 e. The quantitative estimate of drug-likeness (QED) is 0.0261. The molecule has 1 unspecified atom stereocenters. The lowest BCUT2D eigenvalue weighted by Crippen LogP contribution is -2.30. The molecule has 74 heavy (non-hydrogen) atoms. The molecular formula is C68H126O6. The number of carbonyl (C=O) groups excluding carboxylic acids is 3. The highest BCUT2D eigenvalue weighted by atomic mass is 16.6. The van der Waals surface area contributed by atoms with Gasteiger partial charge in [-0.05, 0) is 57.8 Å². The van der Waals surface area contributed by atoms with Gasteiger partial charge in [-0.1, -0.05) is 320 Å². The highest BCUT2D eigenvalue weighted by Gasteiger charge is 2.19. The molecule has 0 saturated heterocycles. The second-order valence-electron chi connectivity index (χ2n) is 22.4. The standard InChI is InChI=1S/C68H126O6/c1-4-7-10-13-16-19-21-23-25-27-29-31-33-34-36-37-39-41-43-45-47-49-52-55-58-61-67(70)73-64-65(63-72-66(69)60-57-54-51-18-15-12-9-6-3)74-68(71)62-59-56-53-50-48-46-44-42-40-38-35-32-30-28-26-24-22-20-17-14-11-8-5-2/h22,24,28,30,35,38,65H,4-21,23,25-27,29,31-34,36-37,39-64H2,1-3H3/b24-22-,30-28-,38-35-. The van der Waals surface area contributed by atoms with Gasteiger partial charge in [0.05, 0.1) is 0 Å². The Morgan fingerprint density at radius 2 is 0.486 bits per heavy atom. The number of ether oxygens (including phenoxy) is 3. The fourth-order valence-electron chi connectivity index (χ4n) is 9.92. The number of unbranched alkanes of at least 4 members (excludes halogenated alkanes) is 44. The van der Waals surface area contributed by atoms with E-state index >= 15 is 0 Å². The molecule has 6 heteroatoms. The molecule has 0 rings (SSSR count). The molecule has 434 valence electrons. The third-order valence-electron chi connectivity index (χ3n) is 14.9. The van der Waals surface area contributed by atoms with Gasteiger partial charge in [0.15, 0.2) is 6.10 Å². The summed E-state index contributed by atoms with van der Waals surface area (Å²) >= 11 is 0. The Bertz CT molecular complexity index is 1240. The zero-order valence-corrected chi connectivity index (χ0v) is 49.9. The molecule has 1 atom stereocenters. The molecule has 0 fully saturated rings. The van der Waals surface area contributed by atoms with Crippen molar-refractivity contribution in [2.75, 3.05) is 13.2 Å². The van der Waals surface area contributed by atoms with Crippen molar-refractivity contribution >= 4 is 17.9 Å². The lowest BCUT2D eigenvalue weighted by atomic mass is 10.0.